The highest BCUT2D eigenvalue weighted by Gasteiger charge is 2.13. The van der Waals surface area contributed by atoms with E-state index in [2.05, 4.69) is 20.3 Å². The van der Waals surface area contributed by atoms with Crippen LogP contribution in [0.15, 0.2) is 33.4 Å². The van der Waals surface area contributed by atoms with Gasteiger partial charge in [-0.3, -0.25) is 5.10 Å². The number of amidine groups is 1. The molecule has 1 aromatic carbocycles. The number of nitrogens with two attached hydrogens (primary N) is 1. The van der Waals surface area contributed by atoms with Crippen LogP contribution in [-0.2, 0) is 0 Å². The van der Waals surface area contributed by atoms with Crippen molar-refractivity contribution < 1.29 is 5.21 Å². The highest BCUT2D eigenvalue weighted by molar-refractivity contribution is 7.99. The molecule has 0 radical (unpaired) electrons. The van der Waals surface area contributed by atoms with E-state index in [1.165, 1.54) is 11.8 Å². The predicted octanol–water partition coefficient (Wildman–Crippen LogP) is 1.67. The van der Waals surface area contributed by atoms with Crippen molar-refractivity contribution in [1.82, 2.24) is 15.2 Å². The number of benzene rings is 1. The van der Waals surface area contributed by atoms with E-state index in [1.807, 2.05) is 26.0 Å². The number of aryl methyl sites for hydroxylation is 2. The molecule has 0 saturated carbocycles. The minimum Gasteiger partial charge on any atom is -0.409 e. The Hall–Kier alpha value is -2.02. The van der Waals surface area contributed by atoms with Crippen molar-refractivity contribution in [2.45, 2.75) is 23.9 Å². The first-order chi connectivity index (χ1) is 8.61. The van der Waals surface area contributed by atoms with Gasteiger partial charge in [0.05, 0.1) is 0 Å². The maximum Gasteiger partial charge on any atom is 0.213 e. The van der Waals surface area contributed by atoms with Crippen LogP contribution in [0.25, 0.3) is 0 Å². The van der Waals surface area contributed by atoms with Crippen LogP contribution in [0.5, 0.6) is 0 Å². The van der Waals surface area contributed by atoms with Gasteiger partial charge < -0.3 is 10.9 Å². The number of oxime groups is 1. The molecule has 18 heavy (non-hydrogen) atoms. The fraction of sp³-hybridized carbons (Fsp3) is 0.182. The molecule has 0 aliphatic rings. The molecular formula is C11H13N5OS. The molecule has 0 amide bonds. The number of nitrogens with one attached hydrogen (secondary N) is 1. The first-order valence-electron chi connectivity index (χ1n) is 5.26. The summed E-state index contributed by atoms with van der Waals surface area (Å²) in [6.07, 6.45) is 0. The fourth-order valence-corrected chi connectivity index (χ4v) is 2.47. The maximum atomic E-state index is 8.79. The fourth-order valence-electron chi connectivity index (χ4n) is 1.50. The van der Waals surface area contributed by atoms with Crippen LogP contribution in [0, 0.1) is 13.8 Å². The van der Waals surface area contributed by atoms with E-state index in [0.29, 0.717) is 10.7 Å². The van der Waals surface area contributed by atoms with Gasteiger partial charge >= 0.3 is 0 Å². The Morgan fingerprint density at radius 3 is 2.83 bits per heavy atom. The summed E-state index contributed by atoms with van der Waals surface area (Å²) in [5, 5.41) is 19.3. The van der Waals surface area contributed by atoms with Gasteiger partial charge in [-0.05, 0) is 37.2 Å². The molecule has 94 valence electrons. The van der Waals surface area contributed by atoms with Gasteiger partial charge in [0.25, 0.3) is 0 Å². The molecule has 1 heterocycles. The molecule has 2 rings (SSSR count). The Morgan fingerprint density at radius 1 is 1.44 bits per heavy atom. The summed E-state index contributed by atoms with van der Waals surface area (Å²) < 4.78 is 0. The van der Waals surface area contributed by atoms with Crippen LogP contribution >= 0.6 is 11.8 Å². The molecule has 6 nitrogen and oxygen atoms in total. The van der Waals surface area contributed by atoms with Gasteiger partial charge in [0, 0.05) is 10.5 Å². The molecule has 0 fully saturated rings. The highest BCUT2D eigenvalue weighted by atomic mass is 32.2. The first-order valence-corrected chi connectivity index (χ1v) is 6.08. The van der Waals surface area contributed by atoms with E-state index >= 15 is 0 Å². The predicted molar refractivity (Wildman–Crippen MR) is 68.9 cm³/mol. The molecule has 0 saturated heterocycles. The summed E-state index contributed by atoms with van der Waals surface area (Å²) >= 11 is 1.38. The number of rotatable bonds is 3. The average molecular weight is 263 g/mol. The van der Waals surface area contributed by atoms with Crippen LogP contribution in [0.2, 0.25) is 0 Å². The van der Waals surface area contributed by atoms with Crippen LogP contribution < -0.4 is 5.73 Å². The minimum atomic E-state index is 0.0773. The minimum absolute atomic E-state index is 0.0773. The van der Waals surface area contributed by atoms with Crippen LogP contribution in [-0.4, -0.2) is 26.2 Å². The van der Waals surface area contributed by atoms with E-state index in [-0.39, 0.29) is 5.84 Å². The third-order valence-electron chi connectivity index (χ3n) is 2.37. The number of hydrogen-bond donors (Lipinski definition) is 3. The van der Waals surface area contributed by atoms with Crippen molar-refractivity contribution in [3.8, 4) is 0 Å². The molecule has 2 aromatic rings. The topological polar surface area (TPSA) is 100 Å². The molecular weight excluding hydrogens is 250 g/mol. The molecule has 0 unspecified atom stereocenters. The van der Waals surface area contributed by atoms with Crippen molar-refractivity contribution in [2.75, 3.05) is 0 Å². The number of H-pyrrole nitrogens is 1. The zero-order valence-electron chi connectivity index (χ0n) is 10.0. The van der Waals surface area contributed by atoms with E-state index in [0.717, 1.165) is 16.3 Å². The monoisotopic (exact) mass is 263 g/mol. The molecule has 0 spiro atoms. The summed E-state index contributed by atoms with van der Waals surface area (Å²) in [5.41, 5.74) is 7.35. The van der Waals surface area contributed by atoms with Gasteiger partial charge in [-0.2, -0.15) is 0 Å². The Kier molecular flexibility index (Phi) is 3.52. The summed E-state index contributed by atoms with van der Waals surface area (Å²) in [7, 11) is 0. The molecule has 0 atom stereocenters. The first kappa shape index (κ1) is 12.4. The lowest BCUT2D eigenvalue weighted by Crippen LogP contribution is -2.14. The third-order valence-corrected chi connectivity index (χ3v) is 3.48. The maximum absolute atomic E-state index is 8.79. The Balaban J connectivity index is 2.43. The highest BCUT2D eigenvalue weighted by Crippen LogP contribution is 2.30. The Bertz CT molecular complexity index is 593. The van der Waals surface area contributed by atoms with Gasteiger partial charge in [-0.1, -0.05) is 17.3 Å². The lowest BCUT2D eigenvalue weighted by atomic mass is 10.1. The van der Waals surface area contributed by atoms with Crippen molar-refractivity contribution in [1.29, 1.82) is 0 Å². The average Bonchev–Trinajstić information content (AvgIpc) is 2.76. The zero-order valence-corrected chi connectivity index (χ0v) is 10.8. The zero-order chi connectivity index (χ0) is 13.1. The number of aromatic amines is 1. The van der Waals surface area contributed by atoms with E-state index in [9.17, 15) is 0 Å². The largest absolute Gasteiger partial charge is 0.409 e. The number of aromatic nitrogens is 3. The van der Waals surface area contributed by atoms with Gasteiger partial charge in [0.1, 0.15) is 5.82 Å². The van der Waals surface area contributed by atoms with Gasteiger partial charge in [0.2, 0.25) is 5.16 Å². The quantitative estimate of drug-likeness (QED) is 0.338. The van der Waals surface area contributed by atoms with Crippen molar-refractivity contribution in [3.05, 3.63) is 35.2 Å². The van der Waals surface area contributed by atoms with E-state index < -0.39 is 0 Å². The second-order valence-electron chi connectivity index (χ2n) is 3.74. The normalized spacial score (nSPS) is 11.8. The SMILES string of the molecule is Cc1nc(Sc2c(C)cccc2/C(N)=N/O)n[nH]1. The van der Waals surface area contributed by atoms with Crippen LogP contribution in [0.4, 0.5) is 0 Å². The Morgan fingerprint density at radius 2 is 2.22 bits per heavy atom. The van der Waals surface area contributed by atoms with Crippen molar-refractivity contribution in [3.63, 3.8) is 0 Å². The summed E-state index contributed by atoms with van der Waals surface area (Å²) in [4.78, 5) is 5.11. The summed E-state index contributed by atoms with van der Waals surface area (Å²) in [6.45, 7) is 3.79. The second kappa shape index (κ2) is 5.09. The molecule has 0 aliphatic heterocycles. The summed E-state index contributed by atoms with van der Waals surface area (Å²) in [6, 6.07) is 5.61. The van der Waals surface area contributed by atoms with Gasteiger partial charge in [0.15, 0.2) is 5.84 Å². The van der Waals surface area contributed by atoms with E-state index in [4.69, 9.17) is 10.9 Å². The lowest BCUT2D eigenvalue weighted by Gasteiger charge is -2.08. The third kappa shape index (κ3) is 2.45. The van der Waals surface area contributed by atoms with Crippen LogP contribution in [0.3, 0.4) is 0 Å². The molecule has 0 bridgehead atoms. The van der Waals surface area contributed by atoms with Crippen molar-refractivity contribution in [2.24, 2.45) is 10.9 Å². The van der Waals surface area contributed by atoms with E-state index in [1.54, 1.807) is 6.07 Å². The summed E-state index contributed by atoms with van der Waals surface area (Å²) in [5.74, 6) is 0.824. The molecule has 4 N–H and O–H groups in total. The smallest absolute Gasteiger partial charge is 0.213 e. The number of hydrogen-bond acceptors (Lipinski definition) is 5. The standard InChI is InChI=1S/C11H13N5OS/c1-6-4-3-5-8(10(12)16-17)9(6)18-11-13-7(2)14-15-11/h3-5,17H,1-2H3,(H2,12,16)(H,13,14,15). The Labute approximate surface area is 108 Å². The molecule has 1 aromatic heterocycles. The van der Waals surface area contributed by atoms with Gasteiger partial charge in [-0.25, -0.2) is 4.98 Å². The van der Waals surface area contributed by atoms with Gasteiger partial charge in [-0.15, -0.1) is 5.10 Å². The second-order valence-corrected chi connectivity index (χ2v) is 4.72. The number of nitrogens with zero attached hydrogens (tertiary/aromatic N) is 3. The lowest BCUT2D eigenvalue weighted by molar-refractivity contribution is 0.318. The van der Waals surface area contributed by atoms with Crippen molar-refractivity contribution >= 4 is 17.6 Å². The van der Waals surface area contributed by atoms with Crippen LogP contribution in [0.1, 0.15) is 17.0 Å². The molecule has 7 heteroatoms. The molecule has 0 aliphatic carbocycles.